The zero-order valence-electron chi connectivity index (χ0n) is 13.6. The second kappa shape index (κ2) is 6.75. The molecule has 1 aliphatic heterocycles. The largest absolute Gasteiger partial charge is 0.369 e. The number of hydrogen-bond acceptors (Lipinski definition) is 6. The topological polar surface area (TPSA) is 45.4 Å². The molecule has 0 bridgehead atoms. The van der Waals surface area contributed by atoms with Gasteiger partial charge in [0.15, 0.2) is 0 Å². The summed E-state index contributed by atoms with van der Waals surface area (Å²) in [5.41, 5.74) is 1.29. The molecule has 5 nitrogen and oxygen atoms in total. The van der Waals surface area contributed by atoms with E-state index in [1.54, 1.807) is 11.3 Å². The molecule has 2 aromatic heterocycles. The van der Waals surface area contributed by atoms with Gasteiger partial charge in [-0.3, -0.25) is 4.90 Å². The van der Waals surface area contributed by atoms with Crippen LogP contribution in [0, 0.1) is 0 Å². The maximum atomic E-state index is 5.51. The molecular formula is C18H20N4OS. The molecule has 0 unspecified atom stereocenters. The molecule has 1 atom stereocenters. The molecule has 1 fully saturated rings. The molecule has 24 heavy (non-hydrogen) atoms. The average Bonchev–Trinajstić information content (AvgIpc) is 3.33. The summed E-state index contributed by atoms with van der Waals surface area (Å²) in [5.74, 6) is 1.39. The first kappa shape index (κ1) is 15.4. The van der Waals surface area contributed by atoms with Crippen LogP contribution in [0.1, 0.15) is 18.9 Å². The van der Waals surface area contributed by atoms with Crippen LogP contribution in [-0.4, -0.2) is 41.2 Å². The first-order valence-corrected chi connectivity index (χ1v) is 9.11. The lowest BCUT2D eigenvalue weighted by Gasteiger charge is -2.38. The summed E-state index contributed by atoms with van der Waals surface area (Å²) < 4.78 is 5.51. The molecule has 0 spiro atoms. The van der Waals surface area contributed by atoms with Crippen LogP contribution >= 0.6 is 11.3 Å². The van der Waals surface area contributed by atoms with E-state index in [0.717, 1.165) is 31.1 Å². The van der Waals surface area contributed by atoms with E-state index >= 15 is 0 Å². The Hall–Kier alpha value is -2.18. The Morgan fingerprint density at radius 2 is 1.83 bits per heavy atom. The zero-order chi connectivity index (χ0) is 16.4. The molecule has 0 amide bonds. The van der Waals surface area contributed by atoms with Crippen molar-refractivity contribution in [2.24, 2.45) is 0 Å². The van der Waals surface area contributed by atoms with Gasteiger partial charge in [-0.25, -0.2) is 0 Å². The van der Waals surface area contributed by atoms with E-state index in [1.807, 2.05) is 17.5 Å². The van der Waals surface area contributed by atoms with Gasteiger partial charge in [-0.05, 0) is 30.5 Å². The van der Waals surface area contributed by atoms with Crippen LogP contribution in [0.15, 0.2) is 52.4 Å². The van der Waals surface area contributed by atoms with Crippen molar-refractivity contribution in [1.82, 2.24) is 15.0 Å². The van der Waals surface area contributed by atoms with E-state index < -0.39 is 0 Å². The Morgan fingerprint density at radius 1 is 1.04 bits per heavy atom. The fourth-order valence-corrected chi connectivity index (χ4v) is 3.72. The summed E-state index contributed by atoms with van der Waals surface area (Å²) in [6, 6.07) is 14.7. The quantitative estimate of drug-likeness (QED) is 0.725. The van der Waals surface area contributed by atoms with Gasteiger partial charge in [0, 0.05) is 31.9 Å². The molecule has 1 aliphatic rings. The van der Waals surface area contributed by atoms with Gasteiger partial charge in [0.25, 0.3) is 0 Å². The average molecular weight is 340 g/mol. The maximum Gasteiger partial charge on any atom is 0.244 e. The van der Waals surface area contributed by atoms with E-state index in [4.69, 9.17) is 4.52 Å². The Balaban J connectivity index is 1.40. The third-order valence-electron chi connectivity index (χ3n) is 4.52. The number of benzene rings is 1. The van der Waals surface area contributed by atoms with Crippen molar-refractivity contribution in [3.8, 4) is 10.7 Å². The van der Waals surface area contributed by atoms with Crippen molar-refractivity contribution in [3.63, 3.8) is 0 Å². The molecule has 4 rings (SSSR count). The highest BCUT2D eigenvalue weighted by molar-refractivity contribution is 7.13. The first-order valence-electron chi connectivity index (χ1n) is 8.23. The lowest BCUT2D eigenvalue weighted by molar-refractivity contribution is 0.164. The van der Waals surface area contributed by atoms with Crippen molar-refractivity contribution < 1.29 is 4.52 Å². The highest BCUT2D eigenvalue weighted by Crippen LogP contribution is 2.26. The fraction of sp³-hybridized carbons (Fsp3) is 0.333. The Kier molecular flexibility index (Phi) is 4.32. The van der Waals surface area contributed by atoms with E-state index in [2.05, 4.69) is 57.2 Å². The second-order valence-corrected chi connectivity index (χ2v) is 6.92. The van der Waals surface area contributed by atoms with Gasteiger partial charge in [-0.1, -0.05) is 29.4 Å². The highest BCUT2D eigenvalue weighted by Gasteiger charge is 2.26. The van der Waals surface area contributed by atoms with Gasteiger partial charge < -0.3 is 9.42 Å². The molecular weight excluding hydrogens is 320 g/mol. The Bertz CT molecular complexity index is 763. The van der Waals surface area contributed by atoms with Crippen molar-refractivity contribution in [3.05, 3.63) is 53.7 Å². The van der Waals surface area contributed by atoms with Crippen LogP contribution in [0.3, 0.4) is 0 Å². The van der Waals surface area contributed by atoms with Gasteiger partial charge in [0.2, 0.25) is 11.7 Å². The number of piperazine rings is 1. The molecule has 0 radical (unpaired) electrons. The van der Waals surface area contributed by atoms with E-state index in [1.165, 1.54) is 5.69 Å². The van der Waals surface area contributed by atoms with Crippen molar-refractivity contribution in [2.45, 2.75) is 13.0 Å². The summed E-state index contributed by atoms with van der Waals surface area (Å²) >= 11 is 1.63. The number of nitrogens with zero attached hydrogens (tertiary/aromatic N) is 4. The second-order valence-electron chi connectivity index (χ2n) is 5.97. The molecule has 0 saturated carbocycles. The van der Waals surface area contributed by atoms with Crippen molar-refractivity contribution >= 4 is 17.0 Å². The maximum absolute atomic E-state index is 5.51. The van der Waals surface area contributed by atoms with Crippen LogP contribution in [0.25, 0.3) is 10.7 Å². The number of rotatable bonds is 4. The van der Waals surface area contributed by atoms with Crippen LogP contribution in [-0.2, 0) is 0 Å². The van der Waals surface area contributed by atoms with Gasteiger partial charge in [-0.15, -0.1) is 11.3 Å². The minimum Gasteiger partial charge on any atom is -0.369 e. The molecule has 1 aromatic carbocycles. The molecule has 3 aromatic rings. The van der Waals surface area contributed by atoms with Crippen LogP contribution < -0.4 is 4.90 Å². The van der Waals surface area contributed by atoms with Crippen molar-refractivity contribution in [2.75, 3.05) is 31.1 Å². The lowest BCUT2D eigenvalue weighted by Crippen LogP contribution is -2.47. The van der Waals surface area contributed by atoms with Crippen LogP contribution in [0.5, 0.6) is 0 Å². The minimum absolute atomic E-state index is 0.143. The number of para-hydroxylation sites is 1. The SMILES string of the molecule is C[C@H](c1nc(-c2cccs2)no1)N1CCN(c2ccccc2)CC1. The molecule has 0 aliphatic carbocycles. The minimum atomic E-state index is 0.143. The molecule has 0 N–H and O–H groups in total. The monoisotopic (exact) mass is 340 g/mol. The Labute approximate surface area is 145 Å². The molecule has 6 heteroatoms. The van der Waals surface area contributed by atoms with E-state index in [0.29, 0.717) is 11.7 Å². The third kappa shape index (κ3) is 3.07. The smallest absolute Gasteiger partial charge is 0.244 e. The lowest BCUT2D eigenvalue weighted by atomic mass is 10.2. The summed E-state index contributed by atoms with van der Waals surface area (Å²) in [6.07, 6.45) is 0. The summed E-state index contributed by atoms with van der Waals surface area (Å²) in [7, 11) is 0. The van der Waals surface area contributed by atoms with Gasteiger partial charge in [0.05, 0.1) is 10.9 Å². The normalized spacial score (nSPS) is 17.1. The summed E-state index contributed by atoms with van der Waals surface area (Å²) in [4.78, 5) is 10.5. The number of thiophene rings is 1. The number of aromatic nitrogens is 2. The van der Waals surface area contributed by atoms with E-state index in [-0.39, 0.29) is 6.04 Å². The highest BCUT2D eigenvalue weighted by atomic mass is 32.1. The third-order valence-corrected chi connectivity index (χ3v) is 5.39. The standard InChI is InChI=1S/C18H20N4OS/c1-14(18-19-17(20-23-18)16-8-5-13-24-16)21-9-11-22(12-10-21)15-6-3-2-4-7-15/h2-8,13-14H,9-12H2,1H3/t14-/m1/s1. The van der Waals surface area contributed by atoms with Gasteiger partial charge in [0.1, 0.15) is 0 Å². The van der Waals surface area contributed by atoms with Crippen LogP contribution in [0.2, 0.25) is 0 Å². The number of anilines is 1. The van der Waals surface area contributed by atoms with Crippen molar-refractivity contribution in [1.29, 1.82) is 0 Å². The fourth-order valence-electron chi connectivity index (χ4n) is 3.07. The predicted octanol–water partition coefficient (Wildman–Crippen LogP) is 3.68. The predicted molar refractivity (Wildman–Crippen MR) is 96.3 cm³/mol. The molecule has 3 heterocycles. The summed E-state index contributed by atoms with van der Waals surface area (Å²) in [5, 5.41) is 6.15. The first-order chi connectivity index (χ1) is 11.8. The molecule has 124 valence electrons. The molecule has 1 saturated heterocycles. The van der Waals surface area contributed by atoms with E-state index in [9.17, 15) is 0 Å². The Morgan fingerprint density at radius 3 is 2.54 bits per heavy atom. The van der Waals surface area contributed by atoms with Gasteiger partial charge in [-0.2, -0.15) is 4.98 Å². The van der Waals surface area contributed by atoms with Gasteiger partial charge >= 0.3 is 0 Å². The zero-order valence-corrected chi connectivity index (χ0v) is 14.4. The summed E-state index contributed by atoms with van der Waals surface area (Å²) in [6.45, 7) is 6.16. The van der Waals surface area contributed by atoms with Crippen LogP contribution in [0.4, 0.5) is 5.69 Å². The number of hydrogen-bond donors (Lipinski definition) is 0.